The maximum Gasteiger partial charge on any atom is 0.573 e. The average molecular weight is 417 g/mol. The number of benzene rings is 2. The summed E-state index contributed by atoms with van der Waals surface area (Å²) >= 11 is 0. The largest absolute Gasteiger partial charge is 0.573 e. The van der Waals surface area contributed by atoms with Crippen LogP contribution in [0.3, 0.4) is 0 Å². The fourth-order valence-electron chi connectivity index (χ4n) is 2.64. The first-order chi connectivity index (χ1) is 13.5. The number of alkyl halides is 6. The smallest absolute Gasteiger partial charge is 0.405 e. The molecule has 3 rings (SSSR count). The number of para-hydroxylation sites is 2. The van der Waals surface area contributed by atoms with Gasteiger partial charge in [0.1, 0.15) is 17.3 Å². The van der Waals surface area contributed by atoms with E-state index in [1.165, 1.54) is 36.4 Å². The van der Waals surface area contributed by atoms with Crippen molar-refractivity contribution in [2.45, 2.75) is 12.7 Å². The molecule has 0 bridgehead atoms. The molecule has 0 spiro atoms. The van der Waals surface area contributed by atoms with Crippen LogP contribution in [-0.2, 0) is 0 Å². The van der Waals surface area contributed by atoms with E-state index in [1.807, 2.05) is 0 Å². The van der Waals surface area contributed by atoms with Gasteiger partial charge in [-0.15, -0.1) is 26.3 Å². The minimum Gasteiger partial charge on any atom is -0.405 e. The number of pyridine rings is 1. The standard InChI is InChI=1S/C19H10F7NO2/c20-11-9-14(12-5-1-3-7-15(12)28-18(21,22)23)17(27-10-11)13-6-2-4-8-16(13)29-19(24,25)26/h1-10H. The first kappa shape index (κ1) is 20.4. The number of rotatable bonds is 4. The van der Waals surface area contributed by atoms with E-state index in [0.717, 1.165) is 24.4 Å². The zero-order valence-electron chi connectivity index (χ0n) is 14.2. The summed E-state index contributed by atoms with van der Waals surface area (Å²) in [5.74, 6) is -2.21. The van der Waals surface area contributed by atoms with Crippen LogP contribution in [0.15, 0.2) is 60.8 Å². The molecule has 1 aromatic heterocycles. The Morgan fingerprint density at radius 1 is 0.655 bits per heavy atom. The Labute approximate surface area is 159 Å². The van der Waals surface area contributed by atoms with Crippen molar-refractivity contribution in [2.75, 3.05) is 0 Å². The maximum absolute atomic E-state index is 13.9. The van der Waals surface area contributed by atoms with E-state index in [1.54, 1.807) is 0 Å². The van der Waals surface area contributed by atoms with Gasteiger partial charge in [0, 0.05) is 16.7 Å². The molecule has 152 valence electrons. The van der Waals surface area contributed by atoms with Gasteiger partial charge >= 0.3 is 12.7 Å². The van der Waals surface area contributed by atoms with Crippen molar-refractivity contribution in [1.82, 2.24) is 4.98 Å². The molecule has 0 fully saturated rings. The number of ether oxygens (including phenoxy) is 2. The predicted molar refractivity (Wildman–Crippen MR) is 88.4 cm³/mol. The second kappa shape index (κ2) is 7.61. The van der Waals surface area contributed by atoms with Crippen LogP contribution >= 0.6 is 0 Å². The first-order valence-corrected chi connectivity index (χ1v) is 7.89. The van der Waals surface area contributed by atoms with Crippen molar-refractivity contribution in [3.63, 3.8) is 0 Å². The summed E-state index contributed by atoms with van der Waals surface area (Å²) in [5.41, 5.74) is -0.831. The molecule has 0 aliphatic heterocycles. The summed E-state index contributed by atoms with van der Waals surface area (Å²) in [6.07, 6.45) is -9.32. The van der Waals surface area contributed by atoms with Crippen LogP contribution < -0.4 is 9.47 Å². The fourth-order valence-corrected chi connectivity index (χ4v) is 2.64. The quantitative estimate of drug-likeness (QED) is 0.464. The van der Waals surface area contributed by atoms with E-state index in [9.17, 15) is 30.7 Å². The van der Waals surface area contributed by atoms with Crippen molar-refractivity contribution in [3.8, 4) is 33.9 Å². The summed E-state index contributed by atoms with van der Waals surface area (Å²) in [4.78, 5) is 3.79. The molecule has 0 saturated carbocycles. The Kier molecular flexibility index (Phi) is 5.36. The van der Waals surface area contributed by atoms with Crippen LogP contribution in [0.25, 0.3) is 22.4 Å². The molecule has 0 saturated heterocycles. The van der Waals surface area contributed by atoms with Gasteiger partial charge in [0.2, 0.25) is 0 Å². The molecular weight excluding hydrogens is 407 g/mol. The van der Waals surface area contributed by atoms with Crippen LogP contribution in [0.1, 0.15) is 0 Å². The highest BCUT2D eigenvalue weighted by molar-refractivity contribution is 5.85. The average Bonchev–Trinajstić information content (AvgIpc) is 2.60. The van der Waals surface area contributed by atoms with Crippen molar-refractivity contribution >= 4 is 0 Å². The molecule has 0 amide bonds. The lowest BCUT2D eigenvalue weighted by molar-refractivity contribution is -0.275. The lowest BCUT2D eigenvalue weighted by Gasteiger charge is -2.17. The van der Waals surface area contributed by atoms with Gasteiger partial charge in [0.25, 0.3) is 0 Å². The first-order valence-electron chi connectivity index (χ1n) is 7.89. The van der Waals surface area contributed by atoms with Gasteiger partial charge in [0.15, 0.2) is 0 Å². The van der Waals surface area contributed by atoms with E-state index in [2.05, 4.69) is 14.5 Å². The summed E-state index contributed by atoms with van der Waals surface area (Å²) < 4.78 is 98.2. The van der Waals surface area contributed by atoms with Crippen LogP contribution in [0.4, 0.5) is 30.7 Å². The second-order valence-electron chi connectivity index (χ2n) is 5.64. The molecule has 3 nitrogen and oxygen atoms in total. The monoisotopic (exact) mass is 417 g/mol. The fraction of sp³-hybridized carbons (Fsp3) is 0.105. The van der Waals surface area contributed by atoms with Crippen molar-refractivity contribution in [3.05, 3.63) is 66.6 Å². The van der Waals surface area contributed by atoms with E-state index >= 15 is 0 Å². The highest BCUT2D eigenvalue weighted by Crippen LogP contribution is 2.41. The number of nitrogens with zero attached hydrogens (tertiary/aromatic N) is 1. The summed E-state index contributed by atoms with van der Waals surface area (Å²) in [5, 5.41) is 0. The van der Waals surface area contributed by atoms with Gasteiger partial charge in [-0.25, -0.2) is 4.39 Å². The Hall–Kier alpha value is -3.30. The minimum absolute atomic E-state index is 0.193. The molecule has 0 unspecified atom stereocenters. The second-order valence-corrected chi connectivity index (χ2v) is 5.64. The van der Waals surface area contributed by atoms with Gasteiger partial charge in [0.05, 0.1) is 11.9 Å². The maximum atomic E-state index is 13.9. The number of aromatic nitrogens is 1. The third-order valence-electron chi connectivity index (χ3n) is 3.63. The molecule has 0 radical (unpaired) electrons. The van der Waals surface area contributed by atoms with Gasteiger partial charge in [-0.2, -0.15) is 0 Å². The number of hydrogen-bond acceptors (Lipinski definition) is 3. The highest BCUT2D eigenvalue weighted by Gasteiger charge is 2.34. The third-order valence-corrected chi connectivity index (χ3v) is 3.63. The predicted octanol–water partition coefficient (Wildman–Crippen LogP) is 6.35. The lowest BCUT2D eigenvalue weighted by Crippen LogP contribution is -2.18. The number of halogens is 7. The Bertz CT molecular complexity index is 1020. The summed E-state index contributed by atoms with van der Waals surface area (Å²) in [6.45, 7) is 0. The molecule has 29 heavy (non-hydrogen) atoms. The van der Waals surface area contributed by atoms with Crippen molar-refractivity contribution in [1.29, 1.82) is 0 Å². The van der Waals surface area contributed by atoms with Gasteiger partial charge in [-0.1, -0.05) is 30.3 Å². The van der Waals surface area contributed by atoms with Crippen LogP contribution in [0.2, 0.25) is 0 Å². The topological polar surface area (TPSA) is 31.4 Å². The molecule has 10 heteroatoms. The Balaban J connectivity index is 2.21. The molecule has 0 aliphatic rings. The molecule has 2 aromatic carbocycles. The zero-order chi connectivity index (χ0) is 21.2. The SMILES string of the molecule is Fc1cnc(-c2ccccc2OC(F)(F)F)c(-c2ccccc2OC(F)(F)F)c1. The zero-order valence-corrected chi connectivity index (χ0v) is 14.2. The van der Waals surface area contributed by atoms with Gasteiger partial charge in [-0.3, -0.25) is 4.98 Å². The number of hydrogen-bond donors (Lipinski definition) is 0. The Morgan fingerprint density at radius 3 is 1.69 bits per heavy atom. The van der Waals surface area contributed by atoms with Crippen molar-refractivity contribution in [2.24, 2.45) is 0 Å². The van der Waals surface area contributed by atoms with Gasteiger partial charge in [-0.05, 0) is 24.3 Å². The highest BCUT2D eigenvalue weighted by atomic mass is 19.4. The normalized spacial score (nSPS) is 12.0. The summed E-state index contributed by atoms with van der Waals surface area (Å²) in [7, 11) is 0. The molecule has 0 N–H and O–H groups in total. The van der Waals surface area contributed by atoms with Crippen LogP contribution in [0, 0.1) is 5.82 Å². The van der Waals surface area contributed by atoms with Crippen molar-refractivity contribution < 1.29 is 40.2 Å². The van der Waals surface area contributed by atoms with Crippen LogP contribution in [0.5, 0.6) is 11.5 Å². The van der Waals surface area contributed by atoms with Gasteiger partial charge < -0.3 is 9.47 Å². The van der Waals surface area contributed by atoms with E-state index in [4.69, 9.17) is 0 Å². The van der Waals surface area contributed by atoms with Crippen LogP contribution in [-0.4, -0.2) is 17.7 Å². The molecule has 3 aromatic rings. The third kappa shape index (κ3) is 5.15. The molecule has 1 heterocycles. The van der Waals surface area contributed by atoms with E-state index < -0.39 is 30.0 Å². The molecule has 0 aliphatic carbocycles. The molecular formula is C19H10F7NO2. The van der Waals surface area contributed by atoms with E-state index in [0.29, 0.717) is 0 Å². The Morgan fingerprint density at radius 2 is 1.14 bits per heavy atom. The molecule has 0 atom stereocenters. The minimum atomic E-state index is -5.03. The summed E-state index contributed by atoms with van der Waals surface area (Å²) in [6, 6.07) is 10.6. The van der Waals surface area contributed by atoms with E-state index in [-0.39, 0.29) is 22.4 Å². The lowest BCUT2D eigenvalue weighted by atomic mass is 9.98.